The Labute approximate surface area is 258 Å². The van der Waals surface area contributed by atoms with Crippen LogP contribution in [0.4, 0.5) is 5.69 Å². The first-order chi connectivity index (χ1) is 21.1. The summed E-state index contributed by atoms with van der Waals surface area (Å²) in [5.41, 5.74) is 3.92. The predicted octanol–water partition coefficient (Wildman–Crippen LogP) is 4.62. The maximum Gasteiger partial charge on any atom is 0.243 e. The van der Waals surface area contributed by atoms with Gasteiger partial charge in [0.05, 0.1) is 40.2 Å². The molecule has 1 aliphatic rings. The number of carbonyl (C=O) groups is 2. The zero-order chi connectivity index (χ0) is 32.0. The molecule has 0 saturated heterocycles. The number of fused-ring (bicyclic) bond motifs is 3. The molecule has 3 aromatic rings. The van der Waals surface area contributed by atoms with E-state index in [0.29, 0.717) is 47.8 Å². The molecule has 234 valence electrons. The highest BCUT2D eigenvalue weighted by Gasteiger charge is 2.30. The minimum atomic E-state index is -0.680. The van der Waals surface area contributed by atoms with Crippen LogP contribution in [0.15, 0.2) is 53.3 Å². The molecule has 2 amide bonds. The lowest BCUT2D eigenvalue weighted by molar-refractivity contribution is -0.123. The van der Waals surface area contributed by atoms with Crippen molar-refractivity contribution >= 4 is 17.5 Å². The predicted molar refractivity (Wildman–Crippen MR) is 170 cm³/mol. The van der Waals surface area contributed by atoms with Crippen LogP contribution in [0.1, 0.15) is 49.9 Å². The van der Waals surface area contributed by atoms with Gasteiger partial charge >= 0.3 is 0 Å². The molecule has 44 heavy (non-hydrogen) atoms. The molecule has 10 heteroatoms. The van der Waals surface area contributed by atoms with E-state index in [1.807, 2.05) is 50.2 Å². The second-order valence-corrected chi connectivity index (χ2v) is 11.0. The van der Waals surface area contributed by atoms with Gasteiger partial charge in [-0.25, -0.2) is 0 Å². The highest BCUT2D eigenvalue weighted by atomic mass is 16.5. The maximum absolute atomic E-state index is 13.8. The van der Waals surface area contributed by atoms with E-state index in [2.05, 4.69) is 16.0 Å². The van der Waals surface area contributed by atoms with E-state index < -0.39 is 12.1 Å². The Balaban J connectivity index is 1.76. The van der Waals surface area contributed by atoms with Crippen LogP contribution in [0.5, 0.6) is 23.0 Å². The van der Waals surface area contributed by atoms with Gasteiger partial charge in [-0.15, -0.1) is 0 Å². The Morgan fingerprint density at radius 2 is 1.61 bits per heavy atom. The zero-order valence-corrected chi connectivity index (χ0v) is 26.3. The van der Waals surface area contributed by atoms with Crippen LogP contribution in [0.2, 0.25) is 0 Å². The first-order valence-corrected chi connectivity index (χ1v) is 14.6. The van der Waals surface area contributed by atoms with Gasteiger partial charge in [0, 0.05) is 19.0 Å². The van der Waals surface area contributed by atoms with E-state index in [1.54, 1.807) is 34.5 Å². The molecule has 0 fully saturated rings. The van der Waals surface area contributed by atoms with Crippen molar-refractivity contribution in [2.45, 2.75) is 52.2 Å². The molecule has 1 aliphatic carbocycles. The molecule has 3 aromatic carbocycles. The second-order valence-electron chi connectivity index (χ2n) is 11.0. The van der Waals surface area contributed by atoms with Gasteiger partial charge in [0.25, 0.3) is 0 Å². The number of ether oxygens (including phenoxy) is 4. The van der Waals surface area contributed by atoms with Crippen molar-refractivity contribution in [3.05, 3.63) is 75.4 Å². The molecule has 2 unspecified atom stereocenters. The maximum atomic E-state index is 13.8. The average Bonchev–Trinajstić information content (AvgIpc) is 3.25. The van der Waals surface area contributed by atoms with Crippen molar-refractivity contribution in [3.8, 4) is 34.1 Å². The number of hydrogen-bond donors (Lipinski definition) is 3. The van der Waals surface area contributed by atoms with E-state index in [0.717, 1.165) is 22.4 Å². The summed E-state index contributed by atoms with van der Waals surface area (Å²) in [5, 5.41) is 9.19. The molecule has 0 saturated carbocycles. The van der Waals surface area contributed by atoms with Crippen molar-refractivity contribution in [3.63, 3.8) is 0 Å². The minimum Gasteiger partial charge on any atom is -0.497 e. The third-order valence-electron chi connectivity index (χ3n) is 7.80. The van der Waals surface area contributed by atoms with Gasteiger partial charge in [-0.2, -0.15) is 0 Å². The number of aryl methyl sites for hydroxylation is 1. The van der Waals surface area contributed by atoms with E-state index >= 15 is 0 Å². The number of rotatable bonds is 11. The van der Waals surface area contributed by atoms with Crippen LogP contribution in [0, 0.1) is 5.92 Å². The molecule has 4 rings (SSSR count). The molecule has 0 spiro atoms. The average molecular weight is 604 g/mol. The molecular weight excluding hydrogens is 562 g/mol. The summed E-state index contributed by atoms with van der Waals surface area (Å²) in [5.74, 6) is 1.59. The lowest BCUT2D eigenvalue weighted by Crippen LogP contribution is -2.43. The van der Waals surface area contributed by atoms with Gasteiger partial charge < -0.3 is 34.9 Å². The number of amides is 2. The van der Waals surface area contributed by atoms with Crippen molar-refractivity contribution in [1.82, 2.24) is 10.6 Å². The van der Waals surface area contributed by atoms with Gasteiger partial charge in [0.2, 0.25) is 23.0 Å². The summed E-state index contributed by atoms with van der Waals surface area (Å²) in [4.78, 5) is 39.3. The zero-order valence-electron chi connectivity index (χ0n) is 26.3. The van der Waals surface area contributed by atoms with Gasteiger partial charge in [-0.3, -0.25) is 14.4 Å². The summed E-state index contributed by atoms with van der Waals surface area (Å²) in [6, 6.07) is 13.3. The number of nitrogens with one attached hydrogen (secondary N) is 3. The topological polar surface area (TPSA) is 124 Å². The van der Waals surface area contributed by atoms with Crippen LogP contribution >= 0.6 is 0 Å². The molecule has 0 aliphatic heterocycles. The normalized spacial score (nSPS) is 14.3. The van der Waals surface area contributed by atoms with Crippen molar-refractivity contribution in [2.24, 2.45) is 5.92 Å². The smallest absolute Gasteiger partial charge is 0.243 e. The Bertz CT molecular complexity index is 1570. The summed E-state index contributed by atoms with van der Waals surface area (Å²) in [7, 11) is 6.26. The SMILES string of the molecule is COc1ccc(CNC(=O)C(Nc2ccc3c(cc2=O)C(NC(C)=O)CCc2cc(OC)c(OC)c(OC)c2-3)C(C)C)cc1. The lowest BCUT2D eigenvalue weighted by Gasteiger charge is -2.22. The summed E-state index contributed by atoms with van der Waals surface area (Å²) >= 11 is 0. The van der Waals surface area contributed by atoms with Crippen LogP contribution in [-0.4, -0.2) is 46.3 Å². The first-order valence-electron chi connectivity index (χ1n) is 14.6. The quantitative estimate of drug-likeness (QED) is 0.290. The third kappa shape index (κ3) is 6.90. The summed E-state index contributed by atoms with van der Waals surface area (Å²) < 4.78 is 22.3. The monoisotopic (exact) mass is 603 g/mol. The van der Waals surface area contributed by atoms with Crippen LogP contribution in [0.25, 0.3) is 11.1 Å². The number of carbonyl (C=O) groups excluding carboxylic acids is 2. The van der Waals surface area contributed by atoms with Gasteiger partial charge in [-0.1, -0.05) is 32.0 Å². The Hall–Kier alpha value is -4.73. The van der Waals surface area contributed by atoms with E-state index in [4.69, 9.17) is 18.9 Å². The van der Waals surface area contributed by atoms with Crippen LogP contribution < -0.4 is 40.3 Å². The number of methoxy groups -OCH3 is 4. The van der Waals surface area contributed by atoms with Gasteiger partial charge in [0.15, 0.2) is 11.5 Å². The van der Waals surface area contributed by atoms with E-state index in [-0.39, 0.29) is 28.8 Å². The molecule has 0 heterocycles. The fraction of sp³-hybridized carbons (Fsp3) is 0.382. The highest BCUT2D eigenvalue weighted by Crippen LogP contribution is 2.50. The van der Waals surface area contributed by atoms with Gasteiger partial charge in [-0.05, 0) is 71.3 Å². The molecule has 10 nitrogen and oxygen atoms in total. The van der Waals surface area contributed by atoms with Crippen molar-refractivity contribution < 1.29 is 28.5 Å². The molecule has 0 aromatic heterocycles. The summed E-state index contributed by atoms with van der Waals surface area (Å²) in [6.45, 7) is 5.62. The van der Waals surface area contributed by atoms with Crippen molar-refractivity contribution in [1.29, 1.82) is 0 Å². The summed E-state index contributed by atoms with van der Waals surface area (Å²) in [6.07, 6.45) is 1.14. The molecule has 2 atom stereocenters. The number of hydrogen-bond acceptors (Lipinski definition) is 8. The molecular formula is C34H41N3O7. The van der Waals surface area contributed by atoms with E-state index in [1.165, 1.54) is 13.0 Å². The van der Waals surface area contributed by atoms with E-state index in [9.17, 15) is 14.4 Å². The fourth-order valence-corrected chi connectivity index (χ4v) is 5.57. The van der Waals surface area contributed by atoms with Gasteiger partial charge in [0.1, 0.15) is 11.8 Å². The minimum absolute atomic E-state index is 0.127. The molecule has 0 bridgehead atoms. The fourth-order valence-electron chi connectivity index (χ4n) is 5.57. The number of benzene rings is 2. The Kier molecular flexibility index (Phi) is 10.4. The van der Waals surface area contributed by atoms with Crippen molar-refractivity contribution in [2.75, 3.05) is 33.8 Å². The molecule has 0 radical (unpaired) electrons. The Morgan fingerprint density at radius 3 is 2.20 bits per heavy atom. The van der Waals surface area contributed by atoms with Crippen LogP contribution in [-0.2, 0) is 22.6 Å². The number of anilines is 1. The third-order valence-corrected chi connectivity index (χ3v) is 7.80. The Morgan fingerprint density at radius 1 is 0.909 bits per heavy atom. The highest BCUT2D eigenvalue weighted by molar-refractivity contribution is 5.86. The standard InChI is InChI=1S/C34H41N3O7/c1-19(2)31(34(40)35-18-21-8-11-23(41-4)12-9-21)37-27-15-13-24-25(17-28(27)39)26(36-20(3)38)14-10-22-16-29(42-5)32(43-6)33(44-7)30(22)24/h8-9,11-13,15-17,19,26,31H,10,14,18H2,1-7H3,(H,35,40)(H,36,38)(H,37,39). The van der Waals surface area contributed by atoms with Crippen LogP contribution in [0.3, 0.4) is 0 Å². The second kappa shape index (κ2) is 14.2. The molecule has 3 N–H and O–H groups in total. The first kappa shape index (κ1) is 32.2. The lowest BCUT2D eigenvalue weighted by atomic mass is 9.95. The largest absolute Gasteiger partial charge is 0.497 e.